The van der Waals surface area contributed by atoms with Gasteiger partial charge in [-0.25, -0.2) is 41.1 Å². The number of ether oxygens (including phenoxy) is 4. The summed E-state index contributed by atoms with van der Waals surface area (Å²) in [5.74, 6) is 5.16. The van der Waals surface area contributed by atoms with Gasteiger partial charge in [0, 0.05) is 238 Å². The average Bonchev–Trinajstić information content (AvgIpc) is 0.499. The molecule has 858 valence electrons. The largest absolute Gasteiger partial charge is 0.473 e. The Kier molecular flexibility index (Phi) is 32.9. The van der Waals surface area contributed by atoms with Gasteiger partial charge in [-0.05, 0) is 410 Å². The smallest absolute Gasteiger partial charge is 0.239 e. The molecule has 34 nitrogen and oxygen atoms in total. The van der Waals surface area contributed by atoms with E-state index in [0.717, 1.165) is 152 Å². The van der Waals surface area contributed by atoms with Crippen LogP contribution in [0.2, 0.25) is 0 Å². The summed E-state index contributed by atoms with van der Waals surface area (Å²) in [6.07, 6.45) is 22.8. The van der Waals surface area contributed by atoms with Gasteiger partial charge in [-0.3, -0.25) is 39.2 Å². The van der Waals surface area contributed by atoms with Crippen LogP contribution in [0.25, 0.3) is 0 Å². The standard InChI is InChI=1S/C116H216N26O8/c1-97(2)59-79(60-98(3,4)125-97)137(91-57-95(145-83-67-105(17,18)129(43)106(19,20)68-83)123-141(119-91)149-87-75-113(33,34)133(47)114(35,36)76-87)53-51-135(89-55-93(143-81-63-101(9,10)127(41)102(11,12)64-81)121-139(117-89)147-85-71-109(25,26)131(45)110(27,28)72-85)49-50-136(90-56-94(144-82-65-103(13,14)128(42)104(15,16)66-82)122-140(118-90)148-86-73-111(29,30)132(46)112(31,32)74-86)52-54-138(80-61-99(5,6)126-100(7,8)62-80)92-58-96(146-84-69-107(21,22)130(44)108(23,24)70-84)124-142(120-92)150-88-77-115(37,38)134(48)116(39,40)78-88/h55-58,79-88,117-120,125-126H,49-54,59-78H2,1-48H3. The van der Waals surface area contributed by atoms with Crippen molar-refractivity contribution in [2.24, 2.45) is 20.4 Å². The minimum Gasteiger partial charge on any atom is -0.473 e. The van der Waals surface area contributed by atoms with Crippen LogP contribution in [-0.2, 0) is 38.3 Å². The second-order valence-corrected chi connectivity index (χ2v) is 61.3. The Hall–Kier alpha value is -6.12. The number of nitrogens with one attached hydrogen (secondary N) is 6. The van der Waals surface area contributed by atoms with Crippen molar-refractivity contribution in [2.45, 2.75) is 577 Å². The zero-order valence-electron chi connectivity index (χ0n) is 104. The second kappa shape index (κ2) is 41.3. The van der Waals surface area contributed by atoms with Gasteiger partial charge in [0.2, 0.25) is 23.6 Å². The van der Waals surface area contributed by atoms with E-state index >= 15 is 0 Å². The quantitative estimate of drug-likeness (QED) is 0.0447. The molecule has 0 unspecified atom stereocenters. The van der Waals surface area contributed by atoms with Crippen molar-refractivity contribution in [3.05, 3.63) is 47.6 Å². The van der Waals surface area contributed by atoms with Gasteiger partial charge in [-0.1, -0.05) is 41.5 Å². The van der Waals surface area contributed by atoms with Crippen molar-refractivity contribution in [3.8, 4) is 0 Å². The molecule has 14 heterocycles. The highest BCUT2D eigenvalue weighted by molar-refractivity contribution is 5.90. The number of rotatable bonds is 27. The summed E-state index contributed by atoms with van der Waals surface area (Å²) in [4.78, 5) is 60.4. The first kappa shape index (κ1) is 119. The summed E-state index contributed by atoms with van der Waals surface area (Å²) in [7, 11) is 18.1. The molecule has 6 N–H and O–H groups in total. The summed E-state index contributed by atoms with van der Waals surface area (Å²) >= 11 is 0. The zero-order valence-corrected chi connectivity index (χ0v) is 104. The van der Waals surface area contributed by atoms with E-state index in [4.69, 9.17) is 58.7 Å². The fourth-order valence-corrected chi connectivity index (χ4v) is 30.1. The first-order chi connectivity index (χ1) is 68.2. The van der Waals surface area contributed by atoms with E-state index in [1.165, 1.54) is 0 Å². The highest BCUT2D eigenvalue weighted by Gasteiger charge is 2.56. The Morgan fingerprint density at radius 3 is 0.533 bits per heavy atom. The number of piperidine rings is 10. The molecular weight excluding hydrogens is 1890 g/mol. The van der Waals surface area contributed by atoms with Crippen LogP contribution in [0.5, 0.6) is 0 Å². The van der Waals surface area contributed by atoms with Gasteiger partial charge >= 0.3 is 0 Å². The molecule has 34 heteroatoms. The van der Waals surface area contributed by atoms with Crippen molar-refractivity contribution in [1.29, 1.82) is 0 Å². The van der Waals surface area contributed by atoms with Gasteiger partial charge in [-0.15, -0.1) is 0 Å². The molecule has 14 aliphatic rings. The van der Waals surface area contributed by atoms with Crippen molar-refractivity contribution >= 4 is 23.6 Å². The lowest BCUT2D eigenvalue weighted by Gasteiger charge is -2.54. The van der Waals surface area contributed by atoms with E-state index in [-0.39, 0.29) is 172 Å². The Bertz CT molecular complexity index is 4510. The maximum Gasteiger partial charge on any atom is 0.239 e. The SMILES string of the molecule is CN1C(C)(C)CC(OC2=NN(OC3CC(C)(C)N(C)C(C)(C)C3)NC(N(CCN(CCN(C3=CC(OC4CC(C)(C)N(C)C(C)(C)C4)=NN(OC4CC(C)(C)N(C)C(C)(C)C4)N3)C3CC(C)(C)NC(C)(C)C3)C3=CC(OC4CC(C)(C)N(C)C(C)(C)C4)=NN(OC4CC(C)(C)N(C)C(C)(C)C4)N3)CCN(C3=CC(OC4CC(C)(C)N(C)C(C)(C)C4)=NN(OC4CC(C)(C)N(C)C(C)(C)C4)N3)C3CC(C)(C)NC(C)(C)C3)=C2)CC1(C)C. The highest BCUT2D eigenvalue weighted by atomic mass is 16.8. The summed E-state index contributed by atoms with van der Waals surface area (Å²) in [6, 6.07) is -0.0805. The van der Waals surface area contributed by atoms with Crippen molar-refractivity contribution in [3.63, 3.8) is 0 Å². The number of likely N-dealkylation sites (tertiary alicyclic amines) is 8. The van der Waals surface area contributed by atoms with E-state index in [0.29, 0.717) is 62.9 Å². The Morgan fingerprint density at radius 1 is 0.213 bits per heavy atom. The Morgan fingerprint density at radius 2 is 0.360 bits per heavy atom. The number of nitrogens with zero attached hydrogens (tertiary/aromatic N) is 20. The van der Waals surface area contributed by atoms with E-state index < -0.39 is 0 Å². The Balaban J connectivity index is 0.957. The molecule has 0 bridgehead atoms. The lowest BCUT2D eigenvalue weighted by atomic mass is 9.78. The zero-order chi connectivity index (χ0) is 112. The third kappa shape index (κ3) is 27.3. The van der Waals surface area contributed by atoms with Crippen LogP contribution in [-0.4, -0.2) is 371 Å². The van der Waals surface area contributed by atoms with Crippen molar-refractivity contribution < 1.29 is 38.3 Å². The first-order valence-electron chi connectivity index (χ1n) is 57.5. The molecule has 0 atom stereocenters. The number of hydrogen-bond donors (Lipinski definition) is 6. The molecule has 0 spiro atoms. The van der Waals surface area contributed by atoms with Crippen LogP contribution < -0.4 is 32.3 Å². The Labute approximate surface area is 909 Å². The van der Waals surface area contributed by atoms with Gasteiger partial charge < -0.3 is 49.2 Å². The van der Waals surface area contributed by atoms with Gasteiger partial charge in [-0.2, -0.15) is 0 Å². The molecule has 0 radical (unpaired) electrons. The van der Waals surface area contributed by atoms with Gasteiger partial charge in [0.1, 0.15) is 47.7 Å². The number of hydrazone groups is 4. The van der Waals surface area contributed by atoms with Crippen LogP contribution >= 0.6 is 0 Å². The van der Waals surface area contributed by atoms with Crippen LogP contribution in [0.1, 0.15) is 405 Å². The monoisotopic (exact) mass is 2100 g/mol. The number of hydrogen-bond acceptors (Lipinski definition) is 34. The fraction of sp³-hybridized carbons (Fsp3) is 0.897. The van der Waals surface area contributed by atoms with E-state index in [2.05, 4.69) is 449 Å². The maximum absolute atomic E-state index is 7.64. The summed E-state index contributed by atoms with van der Waals surface area (Å²) in [6.45, 7) is 96.6. The molecule has 0 aromatic heterocycles. The third-order valence-electron chi connectivity index (χ3n) is 39.3. The van der Waals surface area contributed by atoms with Crippen LogP contribution in [0.3, 0.4) is 0 Å². The van der Waals surface area contributed by atoms with E-state index in [1.807, 2.05) is 0 Å². The highest BCUT2D eigenvalue weighted by Crippen LogP contribution is 2.50. The molecule has 0 aromatic rings. The lowest BCUT2D eigenvalue weighted by Crippen LogP contribution is -2.64. The summed E-state index contributed by atoms with van der Waals surface area (Å²) < 4.78 is 30.3. The molecule has 0 saturated carbocycles. The van der Waals surface area contributed by atoms with Crippen LogP contribution in [0.4, 0.5) is 0 Å². The lowest BCUT2D eigenvalue weighted by molar-refractivity contribution is -0.257. The molecule has 14 rings (SSSR count). The molecule has 0 aromatic carbocycles. The van der Waals surface area contributed by atoms with Gasteiger partial charge in [0.05, 0.1) is 24.4 Å². The predicted molar refractivity (Wildman–Crippen MR) is 607 cm³/mol. The van der Waals surface area contributed by atoms with Crippen molar-refractivity contribution in [1.82, 2.24) is 112 Å². The van der Waals surface area contributed by atoms with Crippen LogP contribution in [0.15, 0.2) is 68.0 Å². The third-order valence-corrected chi connectivity index (χ3v) is 39.3. The molecule has 150 heavy (non-hydrogen) atoms. The predicted octanol–water partition coefficient (Wildman–Crippen LogP) is 17.7. The molecule has 10 saturated heterocycles. The van der Waals surface area contributed by atoms with E-state index in [1.54, 1.807) is 21.1 Å². The molecular formula is C116H216N26O8. The minimum absolute atomic E-state index is 0.0402. The van der Waals surface area contributed by atoms with E-state index in [9.17, 15) is 0 Å². The fourth-order valence-electron chi connectivity index (χ4n) is 30.1. The van der Waals surface area contributed by atoms with Crippen molar-refractivity contribution in [2.75, 3.05) is 95.6 Å². The van der Waals surface area contributed by atoms with Gasteiger partial charge in [0.15, 0.2) is 0 Å². The van der Waals surface area contributed by atoms with Crippen LogP contribution in [0, 0.1) is 0 Å². The minimum atomic E-state index is -0.294. The topological polar surface area (TPSA) is 247 Å². The average molecular weight is 2100 g/mol. The second-order valence-electron chi connectivity index (χ2n) is 61.3. The number of hydrazine groups is 4. The summed E-state index contributed by atoms with van der Waals surface area (Å²) in [5.41, 5.74) is 11.5. The molecule has 0 aliphatic carbocycles. The molecule has 10 fully saturated rings. The molecule has 0 amide bonds. The summed E-state index contributed by atoms with van der Waals surface area (Å²) in [5, 5.41) is 36.8. The van der Waals surface area contributed by atoms with Gasteiger partial charge in [0.25, 0.3) is 0 Å². The maximum atomic E-state index is 7.64. The molecule has 14 aliphatic heterocycles. The first-order valence-corrected chi connectivity index (χ1v) is 57.5. The normalized spacial score (nSPS) is 29.4.